The van der Waals surface area contributed by atoms with Crippen molar-refractivity contribution in [3.8, 4) is 0 Å². The molecule has 2 aromatic carbocycles. The minimum absolute atomic E-state index is 0.00227. The van der Waals surface area contributed by atoms with Gasteiger partial charge in [-0.25, -0.2) is 13.2 Å². The van der Waals surface area contributed by atoms with Crippen LogP contribution >= 0.6 is 0 Å². The number of nitrogens with zero attached hydrogens (tertiary/aromatic N) is 2. The average Bonchev–Trinajstić information content (AvgIpc) is 2.90. The summed E-state index contributed by atoms with van der Waals surface area (Å²) in [4.78, 5) is 18.9. The highest BCUT2D eigenvalue weighted by atomic mass is 32.2. The van der Waals surface area contributed by atoms with E-state index >= 15 is 0 Å². The molecule has 4 aromatic rings. The average molecular weight is 325 g/mol. The second-order valence-electron chi connectivity index (χ2n) is 5.05. The van der Waals surface area contributed by atoms with Crippen molar-refractivity contribution in [3.05, 3.63) is 71.3 Å². The number of aromatic amines is 1. The first-order valence-corrected chi connectivity index (χ1v) is 8.32. The Bertz CT molecular complexity index is 1200. The molecule has 114 valence electrons. The van der Waals surface area contributed by atoms with Gasteiger partial charge in [0.2, 0.25) is 0 Å². The van der Waals surface area contributed by atoms with Crippen LogP contribution in [-0.2, 0) is 10.0 Å². The third-order valence-corrected chi connectivity index (χ3v) is 5.39. The summed E-state index contributed by atoms with van der Waals surface area (Å²) in [6.45, 7) is 0. The number of benzene rings is 2. The Morgan fingerprint density at radius 2 is 1.74 bits per heavy atom. The van der Waals surface area contributed by atoms with Crippen LogP contribution in [-0.4, -0.2) is 22.4 Å². The van der Waals surface area contributed by atoms with Crippen molar-refractivity contribution in [2.24, 2.45) is 0 Å². The number of H-pyrrole nitrogens is 1. The van der Waals surface area contributed by atoms with Crippen LogP contribution in [0.4, 0.5) is 0 Å². The first kappa shape index (κ1) is 13.7. The predicted octanol–water partition coefficient (Wildman–Crippen LogP) is 2.11. The number of fused-ring (bicyclic) bond motifs is 2. The second kappa shape index (κ2) is 4.79. The maximum Gasteiger partial charge on any atom is 0.340 e. The van der Waals surface area contributed by atoms with Crippen LogP contribution in [0.1, 0.15) is 0 Å². The molecular weight excluding hydrogens is 314 g/mol. The number of pyridine rings is 1. The summed E-state index contributed by atoms with van der Waals surface area (Å²) in [5.41, 5.74) is 0.422. The number of hydrogen-bond donors (Lipinski definition) is 1. The number of imidazole rings is 1. The van der Waals surface area contributed by atoms with E-state index in [1.807, 2.05) is 0 Å². The zero-order valence-electron chi connectivity index (χ0n) is 11.8. The minimum atomic E-state index is -4.07. The lowest BCUT2D eigenvalue weighted by atomic mass is 10.2. The van der Waals surface area contributed by atoms with Gasteiger partial charge in [0.25, 0.3) is 10.0 Å². The molecule has 0 bridgehead atoms. The third kappa shape index (κ3) is 1.97. The predicted molar refractivity (Wildman–Crippen MR) is 86.9 cm³/mol. The van der Waals surface area contributed by atoms with E-state index in [1.54, 1.807) is 48.5 Å². The van der Waals surface area contributed by atoms with Gasteiger partial charge >= 0.3 is 5.69 Å². The molecule has 0 aliphatic carbocycles. The molecule has 7 heteroatoms. The van der Waals surface area contributed by atoms with E-state index in [1.165, 1.54) is 12.3 Å². The van der Waals surface area contributed by atoms with E-state index in [4.69, 9.17) is 0 Å². The normalized spacial score (nSPS) is 12.0. The Morgan fingerprint density at radius 1 is 0.957 bits per heavy atom. The van der Waals surface area contributed by atoms with Gasteiger partial charge in [0.05, 0.1) is 16.6 Å². The van der Waals surface area contributed by atoms with E-state index in [0.29, 0.717) is 21.9 Å². The molecule has 0 amide bonds. The smallest absolute Gasteiger partial charge is 0.305 e. The molecule has 2 aromatic heterocycles. The van der Waals surface area contributed by atoms with Gasteiger partial charge in [-0.1, -0.05) is 30.3 Å². The van der Waals surface area contributed by atoms with Crippen molar-refractivity contribution in [1.29, 1.82) is 0 Å². The Kier molecular flexibility index (Phi) is 2.85. The summed E-state index contributed by atoms with van der Waals surface area (Å²) >= 11 is 0. The molecule has 0 atom stereocenters. The molecule has 2 heterocycles. The van der Waals surface area contributed by atoms with Crippen molar-refractivity contribution < 1.29 is 8.42 Å². The lowest BCUT2D eigenvalue weighted by Crippen LogP contribution is -2.25. The number of nitrogens with one attached hydrogen (secondary N) is 1. The summed E-state index contributed by atoms with van der Waals surface area (Å²) in [6.07, 6.45) is 1.53. The second-order valence-corrected chi connectivity index (χ2v) is 6.80. The monoisotopic (exact) mass is 325 g/mol. The molecule has 0 unspecified atom stereocenters. The van der Waals surface area contributed by atoms with E-state index in [0.717, 1.165) is 3.97 Å². The number of hydrogen-bond acceptors (Lipinski definition) is 4. The quantitative estimate of drug-likeness (QED) is 0.612. The molecule has 0 aliphatic heterocycles. The van der Waals surface area contributed by atoms with Crippen molar-refractivity contribution in [2.45, 2.75) is 4.90 Å². The largest absolute Gasteiger partial charge is 0.340 e. The van der Waals surface area contributed by atoms with Gasteiger partial charge < -0.3 is 4.98 Å². The minimum Gasteiger partial charge on any atom is -0.305 e. The highest BCUT2D eigenvalue weighted by Gasteiger charge is 2.24. The van der Waals surface area contributed by atoms with Crippen molar-refractivity contribution in [1.82, 2.24) is 13.9 Å². The zero-order valence-corrected chi connectivity index (χ0v) is 12.6. The molecule has 23 heavy (non-hydrogen) atoms. The van der Waals surface area contributed by atoms with Crippen LogP contribution in [0.25, 0.3) is 21.9 Å². The third-order valence-electron chi connectivity index (χ3n) is 3.66. The van der Waals surface area contributed by atoms with Gasteiger partial charge in [-0.2, -0.15) is 3.97 Å². The SMILES string of the molecule is O=c1[nH]c2ccccc2n1S(=O)(=O)c1cccc2cccnc12. The van der Waals surface area contributed by atoms with Crippen LogP contribution in [0.5, 0.6) is 0 Å². The molecule has 0 saturated heterocycles. The summed E-state index contributed by atoms with van der Waals surface area (Å²) in [5.74, 6) is 0. The van der Waals surface area contributed by atoms with Crippen molar-refractivity contribution in [3.63, 3.8) is 0 Å². The highest BCUT2D eigenvalue weighted by Crippen LogP contribution is 2.24. The van der Waals surface area contributed by atoms with Gasteiger partial charge in [-0.15, -0.1) is 0 Å². The molecule has 0 spiro atoms. The molecule has 0 aliphatic rings. The number of rotatable bonds is 2. The zero-order chi connectivity index (χ0) is 16.0. The van der Waals surface area contributed by atoms with E-state index in [2.05, 4.69) is 9.97 Å². The highest BCUT2D eigenvalue weighted by molar-refractivity contribution is 7.90. The fourth-order valence-corrected chi connectivity index (χ4v) is 4.20. The Hall–Kier alpha value is -2.93. The van der Waals surface area contributed by atoms with Crippen LogP contribution in [0, 0.1) is 0 Å². The lowest BCUT2D eigenvalue weighted by Gasteiger charge is -2.08. The van der Waals surface area contributed by atoms with Crippen LogP contribution in [0.3, 0.4) is 0 Å². The lowest BCUT2D eigenvalue weighted by molar-refractivity contribution is 0.588. The van der Waals surface area contributed by atoms with Gasteiger partial charge in [0, 0.05) is 11.6 Å². The van der Waals surface area contributed by atoms with Gasteiger partial charge in [-0.3, -0.25) is 4.98 Å². The Labute approximate surface area is 131 Å². The number of aromatic nitrogens is 3. The van der Waals surface area contributed by atoms with E-state index in [9.17, 15) is 13.2 Å². The summed E-state index contributed by atoms with van der Waals surface area (Å²) in [7, 11) is -4.07. The summed E-state index contributed by atoms with van der Waals surface area (Å²) in [6, 6.07) is 15.0. The molecule has 4 rings (SSSR count). The first-order chi connectivity index (χ1) is 11.1. The van der Waals surface area contributed by atoms with Crippen LogP contribution in [0.2, 0.25) is 0 Å². The van der Waals surface area contributed by atoms with Gasteiger partial charge in [0.1, 0.15) is 4.90 Å². The van der Waals surface area contributed by atoms with Crippen LogP contribution < -0.4 is 5.69 Å². The fraction of sp³-hybridized carbons (Fsp3) is 0. The summed E-state index contributed by atoms with van der Waals surface area (Å²) < 4.78 is 26.9. The molecular formula is C16H11N3O3S. The summed E-state index contributed by atoms with van der Waals surface area (Å²) in [5, 5.41) is 0.696. The van der Waals surface area contributed by atoms with Crippen molar-refractivity contribution >= 4 is 32.0 Å². The maximum absolute atomic E-state index is 13.0. The maximum atomic E-state index is 13.0. The molecule has 6 nitrogen and oxygen atoms in total. The first-order valence-electron chi connectivity index (χ1n) is 6.88. The van der Waals surface area contributed by atoms with Gasteiger partial charge in [0.15, 0.2) is 0 Å². The van der Waals surface area contributed by atoms with E-state index < -0.39 is 15.7 Å². The molecule has 0 fully saturated rings. The van der Waals surface area contributed by atoms with Crippen molar-refractivity contribution in [2.75, 3.05) is 0 Å². The Balaban J connectivity index is 2.11. The van der Waals surface area contributed by atoms with E-state index in [-0.39, 0.29) is 4.90 Å². The standard InChI is InChI=1S/C16H11N3O3S/c20-16-18-12-7-1-2-8-13(12)19(16)23(21,22)14-9-3-5-11-6-4-10-17-15(11)14/h1-10H,(H,18,20). The molecule has 1 N–H and O–H groups in total. The van der Waals surface area contributed by atoms with Gasteiger partial charge in [-0.05, 0) is 24.3 Å². The Morgan fingerprint density at radius 3 is 2.61 bits per heavy atom. The number of para-hydroxylation sites is 3. The molecule has 0 radical (unpaired) electrons. The van der Waals surface area contributed by atoms with Crippen LogP contribution in [0.15, 0.2) is 70.5 Å². The molecule has 0 saturated carbocycles. The fourth-order valence-electron chi connectivity index (χ4n) is 2.65. The topological polar surface area (TPSA) is 84.8 Å².